The first-order valence-corrected chi connectivity index (χ1v) is 12.1. The smallest absolute Gasteiger partial charge is 0.261 e. The maximum atomic E-state index is 13.2. The second-order valence-corrected chi connectivity index (χ2v) is 10.9. The van der Waals surface area contributed by atoms with Crippen LogP contribution in [0.3, 0.4) is 0 Å². The number of sulfonamides is 1. The summed E-state index contributed by atoms with van der Waals surface area (Å²) >= 11 is 0. The van der Waals surface area contributed by atoms with Gasteiger partial charge >= 0.3 is 0 Å². The number of imide groups is 1. The van der Waals surface area contributed by atoms with Gasteiger partial charge in [-0.15, -0.1) is 0 Å². The summed E-state index contributed by atoms with van der Waals surface area (Å²) in [6.07, 6.45) is 0.382. The van der Waals surface area contributed by atoms with Crippen molar-refractivity contribution >= 4 is 33.4 Å². The van der Waals surface area contributed by atoms with Gasteiger partial charge in [-0.3, -0.25) is 24.4 Å². The van der Waals surface area contributed by atoms with Crippen LogP contribution < -0.4 is 14.8 Å². The van der Waals surface area contributed by atoms with E-state index in [1.807, 2.05) is 13.8 Å². The molecule has 2 aromatic carbocycles. The average molecular weight is 470 g/mol. The van der Waals surface area contributed by atoms with Gasteiger partial charge in [-0.25, -0.2) is 8.42 Å². The Hall–Kier alpha value is -3.40. The number of nitrogens with one attached hydrogen (secondary N) is 2. The first kappa shape index (κ1) is 21.4. The zero-order valence-electron chi connectivity index (χ0n) is 18.2. The molecule has 3 aliphatic heterocycles. The third-order valence-corrected chi connectivity index (χ3v) is 7.77. The fraction of sp³-hybridized carbons (Fsp3) is 0.348. The molecular formula is C23H23N3O6S. The summed E-state index contributed by atoms with van der Waals surface area (Å²) in [5.41, 5.74) is 1.64. The molecule has 0 aliphatic carbocycles. The molecule has 1 unspecified atom stereocenters. The number of hydrogen-bond acceptors (Lipinski definition) is 6. The minimum Gasteiger partial charge on any atom is -0.492 e. The monoisotopic (exact) mass is 469 g/mol. The number of piperidine rings is 1. The van der Waals surface area contributed by atoms with Crippen molar-refractivity contribution in [3.05, 3.63) is 53.1 Å². The Morgan fingerprint density at radius 2 is 1.94 bits per heavy atom. The molecule has 0 aromatic heterocycles. The molecular weight excluding hydrogens is 446 g/mol. The quantitative estimate of drug-likeness (QED) is 0.660. The van der Waals surface area contributed by atoms with E-state index < -0.39 is 22.0 Å². The van der Waals surface area contributed by atoms with Crippen LogP contribution in [0.25, 0.3) is 0 Å². The maximum Gasteiger partial charge on any atom is 0.261 e. The van der Waals surface area contributed by atoms with Crippen molar-refractivity contribution in [3.8, 4) is 5.75 Å². The predicted octanol–water partition coefficient (Wildman–Crippen LogP) is 1.92. The molecule has 0 bridgehead atoms. The number of anilines is 1. The summed E-state index contributed by atoms with van der Waals surface area (Å²) in [6, 6.07) is 8.80. The van der Waals surface area contributed by atoms with E-state index in [1.165, 1.54) is 11.0 Å². The van der Waals surface area contributed by atoms with Gasteiger partial charge in [0.1, 0.15) is 11.8 Å². The molecule has 172 valence electrons. The van der Waals surface area contributed by atoms with Gasteiger partial charge in [0.2, 0.25) is 11.8 Å². The van der Waals surface area contributed by atoms with Crippen molar-refractivity contribution in [3.63, 3.8) is 0 Å². The lowest BCUT2D eigenvalue weighted by atomic mass is 9.87. The Balaban J connectivity index is 1.44. The van der Waals surface area contributed by atoms with E-state index in [9.17, 15) is 22.8 Å². The van der Waals surface area contributed by atoms with Crippen LogP contribution >= 0.6 is 0 Å². The SMILES string of the molecule is CC1(C)COc2ccc(S(=O)(=O)Nc3cccc4c3CN(C3CCC(=O)NC3=O)C4=O)cc21. The number of hydrogen-bond donors (Lipinski definition) is 2. The van der Waals surface area contributed by atoms with E-state index in [0.29, 0.717) is 23.5 Å². The lowest BCUT2D eigenvalue weighted by Gasteiger charge is -2.29. The van der Waals surface area contributed by atoms with E-state index in [1.54, 1.807) is 30.3 Å². The van der Waals surface area contributed by atoms with Crippen LogP contribution in [0.1, 0.15) is 48.2 Å². The molecule has 3 heterocycles. The van der Waals surface area contributed by atoms with Crippen LogP contribution in [0.5, 0.6) is 5.75 Å². The van der Waals surface area contributed by atoms with Gasteiger partial charge in [-0.1, -0.05) is 19.9 Å². The van der Waals surface area contributed by atoms with Crippen molar-refractivity contribution < 1.29 is 27.5 Å². The molecule has 33 heavy (non-hydrogen) atoms. The first-order chi connectivity index (χ1) is 15.6. The number of carbonyl (C=O) groups is 3. The molecule has 3 aliphatic rings. The van der Waals surface area contributed by atoms with Crippen molar-refractivity contribution in [2.24, 2.45) is 0 Å². The average Bonchev–Trinajstić information content (AvgIpc) is 3.25. The van der Waals surface area contributed by atoms with Crippen LogP contribution in [0.15, 0.2) is 41.3 Å². The minimum atomic E-state index is -3.94. The van der Waals surface area contributed by atoms with Gasteiger partial charge in [0.25, 0.3) is 15.9 Å². The Bertz CT molecular complexity index is 1320. The summed E-state index contributed by atoms with van der Waals surface area (Å²) in [7, 11) is -3.94. The van der Waals surface area contributed by atoms with Gasteiger partial charge < -0.3 is 9.64 Å². The number of fused-ring (bicyclic) bond motifs is 2. The standard InChI is InChI=1S/C23H23N3O6S/c1-23(2)12-32-19-8-6-13(10-16(19)23)33(30,31)25-17-5-3-4-14-15(17)11-26(22(14)29)18-7-9-20(27)24-21(18)28/h3-6,8,10,18,25H,7,9,11-12H2,1-2H3,(H,24,27,28). The number of benzene rings is 2. The van der Waals surface area contributed by atoms with Crippen molar-refractivity contribution in [1.82, 2.24) is 10.2 Å². The second-order valence-electron chi connectivity index (χ2n) is 9.17. The highest BCUT2D eigenvalue weighted by Gasteiger charge is 2.40. The van der Waals surface area contributed by atoms with E-state index in [2.05, 4.69) is 10.0 Å². The van der Waals surface area contributed by atoms with Gasteiger partial charge in [0.05, 0.1) is 17.2 Å². The van der Waals surface area contributed by atoms with Gasteiger partial charge in [-0.2, -0.15) is 0 Å². The summed E-state index contributed by atoms with van der Waals surface area (Å²) < 4.78 is 34.7. The maximum absolute atomic E-state index is 13.2. The second kappa shape index (κ2) is 7.31. The molecule has 2 aromatic rings. The van der Waals surface area contributed by atoms with Crippen LogP contribution in [0, 0.1) is 0 Å². The third-order valence-electron chi connectivity index (χ3n) is 6.41. The van der Waals surface area contributed by atoms with Gasteiger partial charge in [0.15, 0.2) is 0 Å². The van der Waals surface area contributed by atoms with E-state index in [0.717, 1.165) is 5.56 Å². The number of amides is 3. The number of rotatable bonds is 4. The fourth-order valence-electron chi connectivity index (χ4n) is 4.55. The summed E-state index contributed by atoms with van der Waals surface area (Å²) in [4.78, 5) is 38.2. The molecule has 0 saturated carbocycles. The molecule has 0 radical (unpaired) electrons. The number of carbonyl (C=O) groups excluding carboxylic acids is 3. The van der Waals surface area contributed by atoms with Gasteiger partial charge in [0, 0.05) is 35.1 Å². The highest BCUT2D eigenvalue weighted by atomic mass is 32.2. The number of nitrogens with zero attached hydrogens (tertiary/aromatic N) is 1. The van der Waals surface area contributed by atoms with Crippen molar-refractivity contribution in [1.29, 1.82) is 0 Å². The zero-order valence-corrected chi connectivity index (χ0v) is 19.0. The van der Waals surface area contributed by atoms with Gasteiger partial charge in [-0.05, 0) is 36.8 Å². The summed E-state index contributed by atoms with van der Waals surface area (Å²) in [6.45, 7) is 4.53. The first-order valence-electron chi connectivity index (χ1n) is 10.6. The molecule has 0 spiro atoms. The molecule has 9 nitrogen and oxygen atoms in total. The predicted molar refractivity (Wildman–Crippen MR) is 118 cm³/mol. The van der Waals surface area contributed by atoms with Crippen LogP contribution in [-0.2, 0) is 31.6 Å². The van der Waals surface area contributed by atoms with Crippen molar-refractivity contribution in [2.45, 2.75) is 49.6 Å². The highest BCUT2D eigenvalue weighted by molar-refractivity contribution is 7.92. The van der Waals surface area contributed by atoms with Crippen LogP contribution in [-0.4, -0.2) is 43.7 Å². The Morgan fingerprint density at radius 3 is 2.70 bits per heavy atom. The molecule has 10 heteroatoms. The topological polar surface area (TPSA) is 122 Å². The highest BCUT2D eigenvalue weighted by Crippen LogP contribution is 2.40. The largest absolute Gasteiger partial charge is 0.492 e. The molecule has 3 amide bonds. The van der Waals surface area contributed by atoms with Crippen molar-refractivity contribution in [2.75, 3.05) is 11.3 Å². The molecule has 2 N–H and O–H groups in total. The Morgan fingerprint density at radius 1 is 1.15 bits per heavy atom. The Kier molecular flexibility index (Phi) is 4.75. The molecule has 1 fully saturated rings. The lowest BCUT2D eigenvalue weighted by Crippen LogP contribution is -2.52. The molecule has 1 saturated heterocycles. The number of ether oxygens (including phenoxy) is 1. The van der Waals surface area contributed by atoms with Crippen LogP contribution in [0.2, 0.25) is 0 Å². The minimum absolute atomic E-state index is 0.0736. The Labute approximate surface area is 191 Å². The van der Waals surface area contributed by atoms with E-state index in [4.69, 9.17) is 4.74 Å². The van der Waals surface area contributed by atoms with E-state index >= 15 is 0 Å². The zero-order chi connectivity index (χ0) is 23.5. The molecule has 1 atom stereocenters. The lowest BCUT2D eigenvalue weighted by molar-refractivity contribution is -0.136. The molecule has 5 rings (SSSR count). The fourth-order valence-corrected chi connectivity index (χ4v) is 5.67. The summed E-state index contributed by atoms with van der Waals surface area (Å²) in [5.74, 6) is -0.573. The van der Waals surface area contributed by atoms with E-state index in [-0.39, 0.29) is 47.2 Å². The normalized spacial score (nSPS) is 21.3. The van der Waals surface area contributed by atoms with Crippen LogP contribution in [0.4, 0.5) is 5.69 Å². The summed E-state index contributed by atoms with van der Waals surface area (Å²) in [5, 5.41) is 2.26. The third kappa shape index (κ3) is 3.54.